The van der Waals surface area contributed by atoms with E-state index >= 15 is 0 Å². The van der Waals surface area contributed by atoms with Crippen LogP contribution in [0.2, 0.25) is 5.02 Å². The predicted octanol–water partition coefficient (Wildman–Crippen LogP) is 3.24. The van der Waals surface area contributed by atoms with Gasteiger partial charge in [0.25, 0.3) is 5.91 Å². The summed E-state index contributed by atoms with van der Waals surface area (Å²) in [5, 5.41) is 22.9. The smallest absolute Gasteiger partial charge is 0.251 e. The first-order valence-corrected chi connectivity index (χ1v) is 9.14. The van der Waals surface area contributed by atoms with Gasteiger partial charge in [-0.05, 0) is 48.9 Å². The van der Waals surface area contributed by atoms with Crippen LogP contribution < -0.4 is 5.32 Å². The fourth-order valence-electron chi connectivity index (χ4n) is 4.51. The second kappa shape index (κ2) is 5.56. The van der Waals surface area contributed by atoms with Crippen molar-refractivity contribution in [3.8, 4) is 0 Å². The van der Waals surface area contributed by atoms with E-state index in [4.69, 9.17) is 11.6 Å². The summed E-state index contributed by atoms with van der Waals surface area (Å²) >= 11 is 6.22. The standard InChI is InChI=1S/C20H18ClN3O2/c21-13-6-12-10-22-24-17(12)16(7-13)20(26)8-14-15(9-20)18(14)23-19(25)11-4-2-1-3-5-11/h1-7,10,14-15,18,26H,8-9H2,(H,22,24)(H,23,25)/t14-,15+,18?,20?. The van der Waals surface area contributed by atoms with Gasteiger partial charge < -0.3 is 10.4 Å². The van der Waals surface area contributed by atoms with Crippen LogP contribution in [0.3, 0.4) is 0 Å². The number of hydrogen-bond donors (Lipinski definition) is 3. The van der Waals surface area contributed by atoms with Crippen LogP contribution in [0, 0.1) is 11.8 Å². The summed E-state index contributed by atoms with van der Waals surface area (Å²) in [6, 6.07) is 13.0. The normalized spacial score (nSPS) is 29.5. The van der Waals surface area contributed by atoms with Crippen molar-refractivity contribution in [3.05, 3.63) is 64.8 Å². The number of aromatic amines is 1. The van der Waals surface area contributed by atoms with Gasteiger partial charge >= 0.3 is 0 Å². The average molecular weight is 368 g/mol. The molecule has 5 nitrogen and oxygen atoms in total. The number of nitrogens with one attached hydrogen (secondary N) is 2. The minimum Gasteiger partial charge on any atom is -0.385 e. The minimum absolute atomic E-state index is 0.0488. The Morgan fingerprint density at radius 3 is 2.69 bits per heavy atom. The molecule has 2 unspecified atom stereocenters. The molecule has 1 heterocycles. The molecule has 2 aromatic carbocycles. The Balaban J connectivity index is 1.34. The molecule has 2 aliphatic rings. The van der Waals surface area contributed by atoms with Crippen LogP contribution in [0.4, 0.5) is 0 Å². The molecule has 3 aromatic rings. The summed E-state index contributed by atoms with van der Waals surface area (Å²) < 4.78 is 0. The number of rotatable bonds is 3. The van der Waals surface area contributed by atoms with Crippen LogP contribution in [-0.2, 0) is 5.60 Å². The van der Waals surface area contributed by atoms with Gasteiger partial charge in [0.15, 0.2) is 0 Å². The fraction of sp³-hybridized carbons (Fsp3) is 0.300. The zero-order chi connectivity index (χ0) is 17.9. The summed E-state index contributed by atoms with van der Waals surface area (Å²) in [5.41, 5.74) is 1.38. The molecule has 6 heteroatoms. The van der Waals surface area contributed by atoms with E-state index in [0.717, 1.165) is 16.5 Å². The summed E-state index contributed by atoms with van der Waals surface area (Å²) in [5.74, 6) is 0.543. The van der Waals surface area contributed by atoms with Crippen molar-refractivity contribution >= 4 is 28.4 Å². The second-order valence-corrected chi connectivity index (χ2v) is 7.86. The van der Waals surface area contributed by atoms with E-state index in [1.54, 1.807) is 6.20 Å². The minimum atomic E-state index is -0.932. The van der Waals surface area contributed by atoms with Crippen molar-refractivity contribution < 1.29 is 9.90 Å². The average Bonchev–Trinajstić information content (AvgIpc) is 3.01. The molecule has 0 saturated heterocycles. The van der Waals surface area contributed by atoms with Crippen molar-refractivity contribution in [2.24, 2.45) is 11.8 Å². The van der Waals surface area contributed by atoms with Gasteiger partial charge in [-0.3, -0.25) is 9.89 Å². The first-order valence-electron chi connectivity index (χ1n) is 8.76. The number of carbonyl (C=O) groups is 1. The first-order chi connectivity index (χ1) is 12.5. The first kappa shape index (κ1) is 15.9. The van der Waals surface area contributed by atoms with Crippen molar-refractivity contribution in [1.82, 2.24) is 15.5 Å². The Morgan fingerprint density at radius 1 is 1.23 bits per heavy atom. The van der Waals surface area contributed by atoms with E-state index in [9.17, 15) is 9.90 Å². The molecule has 4 atom stereocenters. The molecule has 2 saturated carbocycles. The summed E-state index contributed by atoms with van der Waals surface area (Å²) in [7, 11) is 0. The predicted molar refractivity (Wildman–Crippen MR) is 98.9 cm³/mol. The zero-order valence-electron chi connectivity index (χ0n) is 13.9. The molecule has 5 rings (SSSR count). The molecule has 132 valence electrons. The highest BCUT2D eigenvalue weighted by molar-refractivity contribution is 6.31. The third kappa shape index (κ3) is 2.42. The summed E-state index contributed by atoms with van der Waals surface area (Å²) in [6.45, 7) is 0. The van der Waals surface area contributed by atoms with Crippen LogP contribution in [0.25, 0.3) is 10.9 Å². The Morgan fingerprint density at radius 2 is 1.96 bits per heavy atom. The van der Waals surface area contributed by atoms with E-state index in [2.05, 4.69) is 15.5 Å². The number of benzene rings is 2. The Labute approximate surface area is 155 Å². The van der Waals surface area contributed by atoms with Gasteiger partial charge in [0.05, 0.1) is 17.3 Å². The van der Waals surface area contributed by atoms with E-state index in [0.29, 0.717) is 35.3 Å². The molecule has 26 heavy (non-hydrogen) atoms. The van der Waals surface area contributed by atoms with Crippen LogP contribution >= 0.6 is 11.6 Å². The van der Waals surface area contributed by atoms with Gasteiger partial charge in [0.2, 0.25) is 0 Å². The maximum Gasteiger partial charge on any atom is 0.251 e. The fourth-order valence-corrected chi connectivity index (χ4v) is 4.74. The van der Waals surface area contributed by atoms with E-state index in [1.165, 1.54) is 0 Å². The highest BCUT2D eigenvalue weighted by Gasteiger charge is 2.62. The van der Waals surface area contributed by atoms with Crippen molar-refractivity contribution in [2.75, 3.05) is 0 Å². The van der Waals surface area contributed by atoms with Crippen LogP contribution in [0.1, 0.15) is 28.8 Å². The molecule has 3 N–H and O–H groups in total. The molecular weight excluding hydrogens is 350 g/mol. The van der Waals surface area contributed by atoms with Crippen molar-refractivity contribution in [1.29, 1.82) is 0 Å². The van der Waals surface area contributed by atoms with Crippen molar-refractivity contribution in [3.63, 3.8) is 0 Å². The number of hydrogen-bond acceptors (Lipinski definition) is 3. The Hall–Kier alpha value is -2.37. The molecule has 0 aliphatic heterocycles. The summed E-state index contributed by atoms with van der Waals surface area (Å²) in [6.07, 6.45) is 2.95. The topological polar surface area (TPSA) is 78.0 Å². The summed E-state index contributed by atoms with van der Waals surface area (Å²) in [4.78, 5) is 12.3. The van der Waals surface area contributed by atoms with Gasteiger partial charge in [-0.15, -0.1) is 0 Å². The molecular formula is C20H18ClN3O2. The highest BCUT2D eigenvalue weighted by atomic mass is 35.5. The monoisotopic (exact) mass is 367 g/mol. The Kier molecular flexibility index (Phi) is 3.39. The van der Waals surface area contributed by atoms with Crippen LogP contribution in [0.5, 0.6) is 0 Å². The largest absolute Gasteiger partial charge is 0.385 e. The van der Waals surface area contributed by atoms with Crippen LogP contribution in [-0.4, -0.2) is 27.3 Å². The SMILES string of the molecule is O=C(NC1[C@H]2CC(O)(c3cc(Cl)cc4cn[nH]c34)C[C@@H]12)c1ccccc1. The van der Waals surface area contributed by atoms with Gasteiger partial charge in [-0.2, -0.15) is 5.10 Å². The lowest BCUT2D eigenvalue weighted by atomic mass is 9.87. The number of carbonyl (C=O) groups excluding carboxylic acids is 1. The van der Waals surface area contributed by atoms with Crippen molar-refractivity contribution in [2.45, 2.75) is 24.5 Å². The molecule has 2 aliphatic carbocycles. The molecule has 1 amide bonds. The number of aliphatic hydroxyl groups is 1. The number of fused-ring (bicyclic) bond motifs is 2. The molecule has 0 radical (unpaired) electrons. The molecule has 1 aromatic heterocycles. The number of amides is 1. The van der Waals surface area contributed by atoms with E-state index in [-0.39, 0.29) is 11.9 Å². The quantitative estimate of drug-likeness (QED) is 0.665. The number of aromatic nitrogens is 2. The third-order valence-corrected chi connectivity index (χ3v) is 6.05. The maximum absolute atomic E-state index is 12.3. The van der Waals surface area contributed by atoms with Gasteiger partial charge in [-0.25, -0.2) is 0 Å². The number of halogens is 1. The second-order valence-electron chi connectivity index (χ2n) is 7.42. The number of nitrogens with zero attached hydrogens (tertiary/aromatic N) is 1. The Bertz CT molecular complexity index is 989. The van der Waals surface area contributed by atoms with E-state index < -0.39 is 5.60 Å². The van der Waals surface area contributed by atoms with Gasteiger partial charge in [0, 0.05) is 27.6 Å². The number of H-pyrrole nitrogens is 1. The molecule has 0 bridgehead atoms. The lowest BCUT2D eigenvalue weighted by molar-refractivity contribution is 0.0291. The van der Waals surface area contributed by atoms with Crippen LogP contribution in [0.15, 0.2) is 48.7 Å². The van der Waals surface area contributed by atoms with E-state index in [1.807, 2.05) is 42.5 Å². The zero-order valence-corrected chi connectivity index (χ0v) is 14.7. The highest BCUT2D eigenvalue weighted by Crippen LogP contribution is 2.60. The third-order valence-electron chi connectivity index (χ3n) is 5.83. The van der Waals surface area contributed by atoms with Gasteiger partial charge in [-0.1, -0.05) is 29.8 Å². The lowest BCUT2D eigenvalue weighted by Crippen LogP contribution is -2.33. The molecule has 0 spiro atoms. The maximum atomic E-state index is 12.3. The molecule has 2 fully saturated rings. The van der Waals surface area contributed by atoms with Gasteiger partial charge in [0.1, 0.15) is 0 Å². The lowest BCUT2D eigenvalue weighted by Gasteiger charge is -2.27.